The van der Waals surface area contributed by atoms with E-state index in [2.05, 4.69) is 30.3 Å². The highest BCUT2D eigenvalue weighted by molar-refractivity contribution is 5.34. The Morgan fingerprint density at radius 2 is 1.50 bits per heavy atom. The monoisotopic (exact) mass is 236 g/mol. The number of hydrogen-bond donors (Lipinski definition) is 1. The molecule has 18 heavy (non-hydrogen) atoms. The minimum Gasteiger partial charge on any atom is -0.326 e. The van der Waals surface area contributed by atoms with Crippen molar-refractivity contribution in [2.24, 2.45) is 5.73 Å². The van der Waals surface area contributed by atoms with Gasteiger partial charge in [0, 0.05) is 6.54 Å². The highest BCUT2D eigenvalue weighted by atomic mass is 14.5. The third-order valence-electron chi connectivity index (χ3n) is 3.04. The van der Waals surface area contributed by atoms with Gasteiger partial charge in [0.25, 0.3) is 0 Å². The van der Waals surface area contributed by atoms with E-state index in [1.54, 1.807) is 0 Å². The fourth-order valence-corrected chi connectivity index (χ4v) is 2.02. The van der Waals surface area contributed by atoms with Crippen LogP contribution >= 0.6 is 0 Å². The van der Waals surface area contributed by atoms with Gasteiger partial charge in [-0.3, -0.25) is 0 Å². The van der Waals surface area contributed by atoms with Crippen molar-refractivity contribution >= 4 is 0 Å². The molecule has 0 aliphatic heterocycles. The minimum atomic E-state index is 0.472. The zero-order valence-corrected chi connectivity index (χ0v) is 10.3. The summed E-state index contributed by atoms with van der Waals surface area (Å²) < 4.78 is 0. The molecule has 0 fully saturated rings. The molecule has 2 N–H and O–H groups in total. The second-order valence-electron chi connectivity index (χ2n) is 4.30. The minimum absolute atomic E-state index is 0.472. The molecular formula is C16H16N2. The lowest BCUT2D eigenvalue weighted by molar-refractivity contribution is 1.02. The van der Waals surface area contributed by atoms with Crippen molar-refractivity contribution in [2.75, 3.05) is 0 Å². The Labute approximate surface area is 108 Å². The van der Waals surface area contributed by atoms with E-state index in [9.17, 15) is 0 Å². The van der Waals surface area contributed by atoms with Crippen molar-refractivity contribution < 1.29 is 0 Å². The molecule has 0 aliphatic rings. The van der Waals surface area contributed by atoms with Gasteiger partial charge < -0.3 is 5.73 Å². The van der Waals surface area contributed by atoms with Crippen LogP contribution in [0.25, 0.3) is 0 Å². The Kier molecular flexibility index (Phi) is 4.11. The molecule has 2 heteroatoms. The lowest BCUT2D eigenvalue weighted by Gasteiger charge is -2.08. The molecular weight excluding hydrogens is 220 g/mol. The molecule has 0 bridgehead atoms. The smallest absolute Gasteiger partial charge is 0.0669 e. The van der Waals surface area contributed by atoms with Crippen LogP contribution in [0, 0.1) is 11.3 Å². The maximum atomic E-state index is 8.63. The van der Waals surface area contributed by atoms with Crippen LogP contribution in [-0.4, -0.2) is 0 Å². The van der Waals surface area contributed by atoms with Crippen molar-refractivity contribution in [3.63, 3.8) is 0 Å². The summed E-state index contributed by atoms with van der Waals surface area (Å²) >= 11 is 0. The van der Waals surface area contributed by atoms with Gasteiger partial charge in [0.1, 0.15) is 0 Å². The molecule has 0 atom stereocenters. The SMILES string of the molecule is N#CCc1ccc(Cc2ccccc2CN)cc1. The zero-order valence-electron chi connectivity index (χ0n) is 10.3. The summed E-state index contributed by atoms with van der Waals surface area (Å²) in [5, 5.41) is 8.63. The van der Waals surface area contributed by atoms with Gasteiger partial charge in [-0.15, -0.1) is 0 Å². The molecule has 0 aromatic heterocycles. The Morgan fingerprint density at radius 1 is 0.889 bits per heavy atom. The maximum Gasteiger partial charge on any atom is 0.0669 e. The Balaban J connectivity index is 2.16. The van der Waals surface area contributed by atoms with Gasteiger partial charge in [-0.25, -0.2) is 0 Å². The first-order valence-electron chi connectivity index (χ1n) is 6.05. The average Bonchev–Trinajstić information content (AvgIpc) is 2.42. The van der Waals surface area contributed by atoms with E-state index in [4.69, 9.17) is 11.0 Å². The highest BCUT2D eigenvalue weighted by Gasteiger charge is 2.01. The molecule has 0 radical (unpaired) electrons. The average molecular weight is 236 g/mol. The molecule has 0 unspecified atom stereocenters. The van der Waals surface area contributed by atoms with Crippen LogP contribution in [0.1, 0.15) is 22.3 Å². The van der Waals surface area contributed by atoms with Crippen LogP contribution in [0.3, 0.4) is 0 Å². The molecule has 0 aliphatic carbocycles. The number of nitrogens with zero attached hydrogens (tertiary/aromatic N) is 1. The van der Waals surface area contributed by atoms with Crippen LogP contribution in [-0.2, 0) is 19.4 Å². The first-order chi connectivity index (χ1) is 8.83. The molecule has 0 spiro atoms. The summed E-state index contributed by atoms with van der Waals surface area (Å²) in [5.41, 5.74) is 10.5. The van der Waals surface area contributed by atoms with Gasteiger partial charge in [-0.05, 0) is 28.7 Å². The lowest BCUT2D eigenvalue weighted by atomic mass is 9.99. The van der Waals surface area contributed by atoms with Crippen molar-refractivity contribution in [2.45, 2.75) is 19.4 Å². The van der Waals surface area contributed by atoms with Gasteiger partial charge in [0.05, 0.1) is 12.5 Å². The van der Waals surface area contributed by atoms with Crippen molar-refractivity contribution in [1.82, 2.24) is 0 Å². The summed E-state index contributed by atoms with van der Waals surface area (Å²) in [6, 6.07) is 18.6. The molecule has 0 saturated carbocycles. The van der Waals surface area contributed by atoms with Gasteiger partial charge in [0.15, 0.2) is 0 Å². The van der Waals surface area contributed by atoms with Crippen molar-refractivity contribution in [3.05, 3.63) is 70.8 Å². The molecule has 2 aromatic rings. The van der Waals surface area contributed by atoms with Crippen LogP contribution in [0.2, 0.25) is 0 Å². The third kappa shape index (κ3) is 2.97. The molecule has 2 aromatic carbocycles. The summed E-state index contributed by atoms with van der Waals surface area (Å²) in [4.78, 5) is 0. The largest absolute Gasteiger partial charge is 0.326 e. The molecule has 90 valence electrons. The van der Waals surface area contributed by atoms with Crippen LogP contribution in [0.5, 0.6) is 0 Å². The van der Waals surface area contributed by atoms with Crippen LogP contribution in [0.4, 0.5) is 0 Å². The molecule has 0 saturated heterocycles. The van der Waals surface area contributed by atoms with E-state index in [-0.39, 0.29) is 0 Å². The van der Waals surface area contributed by atoms with E-state index in [0.717, 1.165) is 12.0 Å². The number of rotatable bonds is 4. The Bertz CT molecular complexity index is 550. The normalized spacial score (nSPS) is 10.0. The summed E-state index contributed by atoms with van der Waals surface area (Å²) in [5.74, 6) is 0. The number of hydrogen-bond acceptors (Lipinski definition) is 2. The van der Waals surface area contributed by atoms with Gasteiger partial charge in [-0.1, -0.05) is 48.5 Å². The number of benzene rings is 2. The number of nitriles is 1. The quantitative estimate of drug-likeness (QED) is 0.887. The van der Waals surface area contributed by atoms with Crippen molar-refractivity contribution in [1.29, 1.82) is 5.26 Å². The van der Waals surface area contributed by atoms with Crippen LogP contribution < -0.4 is 5.73 Å². The number of nitrogens with two attached hydrogens (primary N) is 1. The second-order valence-corrected chi connectivity index (χ2v) is 4.30. The fourth-order valence-electron chi connectivity index (χ4n) is 2.02. The Hall–Kier alpha value is -2.11. The van der Waals surface area contributed by atoms with E-state index < -0.39 is 0 Å². The Morgan fingerprint density at radius 3 is 2.11 bits per heavy atom. The van der Waals surface area contributed by atoms with Gasteiger partial charge >= 0.3 is 0 Å². The predicted octanol–water partition coefficient (Wildman–Crippen LogP) is 2.80. The molecule has 2 rings (SSSR count). The molecule has 0 heterocycles. The highest BCUT2D eigenvalue weighted by Crippen LogP contribution is 2.15. The molecule has 2 nitrogen and oxygen atoms in total. The predicted molar refractivity (Wildman–Crippen MR) is 72.9 cm³/mol. The lowest BCUT2D eigenvalue weighted by Crippen LogP contribution is -2.01. The van der Waals surface area contributed by atoms with E-state index in [1.165, 1.54) is 16.7 Å². The van der Waals surface area contributed by atoms with E-state index in [0.29, 0.717) is 13.0 Å². The summed E-state index contributed by atoms with van der Waals surface area (Å²) in [6.07, 6.45) is 1.36. The van der Waals surface area contributed by atoms with Gasteiger partial charge in [0.2, 0.25) is 0 Å². The third-order valence-corrected chi connectivity index (χ3v) is 3.04. The first kappa shape index (κ1) is 12.3. The van der Waals surface area contributed by atoms with Crippen molar-refractivity contribution in [3.8, 4) is 6.07 Å². The van der Waals surface area contributed by atoms with Crippen LogP contribution in [0.15, 0.2) is 48.5 Å². The van der Waals surface area contributed by atoms with Gasteiger partial charge in [-0.2, -0.15) is 5.26 Å². The van der Waals surface area contributed by atoms with E-state index in [1.807, 2.05) is 24.3 Å². The standard InChI is InChI=1S/C16H16N2/c17-10-9-13-5-7-14(8-6-13)11-15-3-1-2-4-16(15)12-18/h1-8H,9,11-12,18H2. The molecule has 0 amide bonds. The zero-order chi connectivity index (χ0) is 12.8. The summed E-state index contributed by atoms with van der Waals surface area (Å²) in [6.45, 7) is 0.572. The topological polar surface area (TPSA) is 49.8 Å². The second kappa shape index (κ2) is 6.00. The fraction of sp³-hybridized carbons (Fsp3) is 0.188. The maximum absolute atomic E-state index is 8.63. The summed E-state index contributed by atoms with van der Waals surface area (Å²) in [7, 11) is 0. The first-order valence-corrected chi connectivity index (χ1v) is 6.05. The van der Waals surface area contributed by atoms with E-state index >= 15 is 0 Å².